The van der Waals surface area contributed by atoms with Crippen molar-refractivity contribution in [3.05, 3.63) is 185 Å². The number of carbonyl (C=O) groups is 6. The predicted molar refractivity (Wildman–Crippen MR) is 285 cm³/mol. The number of hydrogen-bond donors (Lipinski definition) is 9. The summed E-state index contributed by atoms with van der Waals surface area (Å²) in [4.78, 5) is 70.4. The number of phenols is 5. The minimum absolute atomic E-state index is 0. The molecule has 0 aromatic heterocycles. The molecule has 6 aromatic rings. The van der Waals surface area contributed by atoms with E-state index in [-0.39, 0.29) is 83.8 Å². The average molecular weight is 1100 g/mol. The molecule has 0 aliphatic heterocycles. The van der Waals surface area contributed by atoms with E-state index in [9.17, 15) is 69.6 Å². The Labute approximate surface area is 456 Å². The third-order valence-corrected chi connectivity index (χ3v) is 10.5. The number of benzene rings is 6. The second kappa shape index (κ2) is 35.3. The zero-order valence-corrected chi connectivity index (χ0v) is 42.7. The number of ether oxygens (including phenoxy) is 6. The first kappa shape index (κ1) is 66.1. The summed E-state index contributed by atoms with van der Waals surface area (Å²) < 4.78 is 29.6. The number of aliphatic hydroxyl groups is 4. The average Bonchev–Trinajstić information content (AvgIpc) is 3.44. The molecular formula is C58H66O21. The molecule has 424 valence electrons. The van der Waals surface area contributed by atoms with Gasteiger partial charge in [-0.2, -0.15) is 0 Å². The van der Waals surface area contributed by atoms with E-state index in [0.717, 1.165) is 5.56 Å². The third-order valence-electron chi connectivity index (χ3n) is 10.5. The largest absolute Gasteiger partial charge is 0.507 e. The van der Waals surface area contributed by atoms with E-state index in [4.69, 9.17) is 33.5 Å². The molecule has 21 nitrogen and oxygen atoms in total. The molecule has 79 heavy (non-hydrogen) atoms. The zero-order chi connectivity index (χ0) is 57.6. The molecule has 6 aromatic carbocycles. The SMILES string of the molecule is C.CCC(CO)OC(=O)c1ccccc1O.CCC(O)COC(=O)c1ccccc1O.Cc1ccccc1C(=O)OC(CO)COC(=O)c1ccccc1O.O=C(OCC(O)COC(=O)c1ccccc1O)c1ccccc1O. The molecule has 0 aliphatic rings. The Balaban J connectivity index is 0.000000367. The van der Waals surface area contributed by atoms with Crippen LogP contribution in [0.3, 0.4) is 0 Å². The lowest BCUT2D eigenvalue weighted by molar-refractivity contribution is -0.0171. The molecule has 0 saturated heterocycles. The van der Waals surface area contributed by atoms with E-state index in [2.05, 4.69) is 0 Å². The molecule has 0 heterocycles. The maximum atomic E-state index is 12.1. The number of aryl methyl sites for hydroxylation is 1. The summed E-state index contributed by atoms with van der Waals surface area (Å²) in [5.41, 5.74) is 1.28. The van der Waals surface area contributed by atoms with E-state index in [0.29, 0.717) is 18.4 Å². The van der Waals surface area contributed by atoms with Crippen molar-refractivity contribution in [1.82, 2.24) is 0 Å². The van der Waals surface area contributed by atoms with Gasteiger partial charge in [0.05, 0.1) is 24.9 Å². The third kappa shape index (κ3) is 22.6. The molecule has 9 N–H and O–H groups in total. The Hall–Kier alpha value is -9.02. The highest BCUT2D eigenvalue weighted by Crippen LogP contribution is 2.21. The van der Waals surface area contributed by atoms with Crippen molar-refractivity contribution in [1.29, 1.82) is 0 Å². The Kier molecular flexibility index (Phi) is 29.6. The number of aliphatic hydroxyl groups excluding tert-OH is 4. The van der Waals surface area contributed by atoms with Crippen molar-refractivity contribution in [3.63, 3.8) is 0 Å². The first-order valence-electron chi connectivity index (χ1n) is 24.0. The van der Waals surface area contributed by atoms with Crippen molar-refractivity contribution in [3.8, 4) is 28.7 Å². The number of hydrogen-bond acceptors (Lipinski definition) is 21. The van der Waals surface area contributed by atoms with E-state index in [1.165, 1.54) is 60.7 Å². The van der Waals surface area contributed by atoms with Gasteiger partial charge in [0, 0.05) is 0 Å². The van der Waals surface area contributed by atoms with Crippen molar-refractivity contribution in [2.75, 3.05) is 39.6 Å². The number of carbonyl (C=O) groups excluding carboxylic acids is 6. The van der Waals surface area contributed by atoms with Crippen LogP contribution in [0.4, 0.5) is 0 Å². The van der Waals surface area contributed by atoms with Gasteiger partial charge >= 0.3 is 35.8 Å². The van der Waals surface area contributed by atoms with Crippen LogP contribution in [-0.2, 0) is 28.4 Å². The summed E-state index contributed by atoms with van der Waals surface area (Å²) in [5.74, 6) is -5.13. The molecule has 0 amide bonds. The highest BCUT2D eigenvalue weighted by molar-refractivity contribution is 5.95. The highest BCUT2D eigenvalue weighted by Gasteiger charge is 2.22. The maximum Gasteiger partial charge on any atom is 0.342 e. The highest BCUT2D eigenvalue weighted by atomic mass is 16.6. The monoisotopic (exact) mass is 1100 g/mol. The van der Waals surface area contributed by atoms with Gasteiger partial charge < -0.3 is 74.4 Å². The lowest BCUT2D eigenvalue weighted by atomic mass is 10.1. The molecule has 0 radical (unpaired) electrons. The number of phenolic OH excluding ortho intramolecular Hbond substituents is 5. The van der Waals surface area contributed by atoms with Crippen molar-refractivity contribution >= 4 is 35.8 Å². The Morgan fingerprint density at radius 1 is 0.367 bits per heavy atom. The van der Waals surface area contributed by atoms with Crippen LogP contribution in [0.5, 0.6) is 28.7 Å². The van der Waals surface area contributed by atoms with Gasteiger partial charge in [0.2, 0.25) is 0 Å². The van der Waals surface area contributed by atoms with E-state index in [1.54, 1.807) is 106 Å². The van der Waals surface area contributed by atoms with Crippen LogP contribution in [0.1, 0.15) is 102 Å². The normalized spacial score (nSPS) is 11.3. The summed E-state index contributed by atoms with van der Waals surface area (Å²) in [7, 11) is 0. The van der Waals surface area contributed by atoms with Gasteiger partial charge in [-0.25, -0.2) is 28.8 Å². The summed E-state index contributed by atoms with van der Waals surface area (Å²) in [5, 5.41) is 84.4. The number of para-hydroxylation sites is 5. The molecule has 6 rings (SSSR count). The van der Waals surface area contributed by atoms with Gasteiger partial charge in [0.25, 0.3) is 0 Å². The fourth-order valence-corrected chi connectivity index (χ4v) is 6.00. The standard InChI is InChI=1S/C18H18O6.C17H16O7.2C11H14O4.CH4/c1-12-6-2-3-7-14(12)18(22)24-13(10-19)11-23-17(21)15-8-4-5-9-16(15)20;18-11(9-23-16(21)12-5-1-3-7-14(12)19)10-24-17(22)13-6-2-4-8-15(13)20;1-2-8(12)7-15-11(14)9-5-3-4-6-10(9)13;1-2-8(7-12)15-11(14)9-5-3-4-6-10(9)13;/h2-9,13,19-20H,10-11H2,1H3;1-8,11,18-20H,9-10H2;2*3-6,8,12-13H,2,7H2,1H3;1H4. The summed E-state index contributed by atoms with van der Waals surface area (Å²) in [6.07, 6.45) is -2.34. The van der Waals surface area contributed by atoms with Crippen molar-refractivity contribution in [2.24, 2.45) is 0 Å². The summed E-state index contributed by atoms with van der Waals surface area (Å²) in [6.45, 7) is 3.45. The van der Waals surface area contributed by atoms with E-state index in [1.807, 2.05) is 0 Å². The lowest BCUT2D eigenvalue weighted by Gasteiger charge is -2.16. The second-order valence-corrected chi connectivity index (χ2v) is 16.3. The molecule has 21 heteroatoms. The van der Waals surface area contributed by atoms with Gasteiger partial charge in [0.1, 0.15) is 95.2 Å². The van der Waals surface area contributed by atoms with Crippen LogP contribution in [-0.4, -0.2) is 146 Å². The number of rotatable bonds is 20. The molecule has 3 atom stereocenters. The maximum absolute atomic E-state index is 12.1. The van der Waals surface area contributed by atoms with Crippen LogP contribution in [0.2, 0.25) is 0 Å². The van der Waals surface area contributed by atoms with Gasteiger partial charge in [-0.15, -0.1) is 0 Å². The topological polar surface area (TPSA) is 340 Å². The Morgan fingerprint density at radius 2 is 0.633 bits per heavy atom. The first-order valence-corrected chi connectivity index (χ1v) is 24.0. The van der Waals surface area contributed by atoms with E-state index >= 15 is 0 Å². The van der Waals surface area contributed by atoms with E-state index < -0.39 is 80.1 Å². The molecule has 0 saturated carbocycles. The lowest BCUT2D eigenvalue weighted by Crippen LogP contribution is -2.28. The number of aromatic hydroxyl groups is 5. The van der Waals surface area contributed by atoms with Gasteiger partial charge in [-0.3, -0.25) is 0 Å². The fourth-order valence-electron chi connectivity index (χ4n) is 6.00. The minimum Gasteiger partial charge on any atom is -0.507 e. The van der Waals surface area contributed by atoms with Crippen LogP contribution in [0, 0.1) is 6.92 Å². The number of esters is 6. The first-order chi connectivity index (χ1) is 37.3. The van der Waals surface area contributed by atoms with Gasteiger partial charge in [0.15, 0.2) is 6.10 Å². The van der Waals surface area contributed by atoms with Crippen LogP contribution in [0.25, 0.3) is 0 Å². The predicted octanol–water partition coefficient (Wildman–Crippen LogP) is 6.82. The smallest absolute Gasteiger partial charge is 0.342 e. The van der Waals surface area contributed by atoms with Crippen molar-refractivity contribution < 1.29 is 103 Å². The quantitative estimate of drug-likeness (QED) is 0.0279. The zero-order valence-electron chi connectivity index (χ0n) is 42.7. The minimum atomic E-state index is -1.24. The fraction of sp³-hybridized carbons (Fsp3) is 0.276. The van der Waals surface area contributed by atoms with Gasteiger partial charge in [-0.05, 0) is 92.1 Å². The van der Waals surface area contributed by atoms with Crippen LogP contribution in [0.15, 0.2) is 146 Å². The molecule has 0 bridgehead atoms. The molecular weight excluding hydrogens is 1030 g/mol. The summed E-state index contributed by atoms with van der Waals surface area (Å²) in [6, 6.07) is 36.7. The summed E-state index contributed by atoms with van der Waals surface area (Å²) >= 11 is 0. The Morgan fingerprint density at radius 3 is 0.937 bits per heavy atom. The molecule has 0 spiro atoms. The van der Waals surface area contributed by atoms with Crippen LogP contribution < -0.4 is 0 Å². The molecule has 0 aliphatic carbocycles. The van der Waals surface area contributed by atoms with Crippen molar-refractivity contribution in [2.45, 2.75) is 65.5 Å². The molecule has 0 fully saturated rings. The van der Waals surface area contributed by atoms with Gasteiger partial charge in [-0.1, -0.05) is 100 Å². The van der Waals surface area contributed by atoms with Crippen LogP contribution >= 0.6 is 0 Å². The second-order valence-electron chi connectivity index (χ2n) is 16.3. The molecule has 3 unspecified atom stereocenters. The Bertz CT molecular complexity index is 2800.